The van der Waals surface area contributed by atoms with Crippen molar-refractivity contribution in [2.45, 2.75) is 6.92 Å². The molecular formula is C11H8FN3O4S. The average Bonchev–Trinajstić information content (AvgIpc) is 2.70. The molecule has 1 heterocycles. The number of aryl methyl sites for hydroxylation is 1. The van der Waals surface area contributed by atoms with Crippen LogP contribution in [0.3, 0.4) is 0 Å². The molecule has 0 radical (unpaired) electrons. The monoisotopic (exact) mass is 297 g/mol. The Bertz CT molecular complexity index is 701. The largest absolute Gasteiger partial charge is 0.476 e. The van der Waals surface area contributed by atoms with Crippen molar-refractivity contribution in [3.05, 3.63) is 44.8 Å². The molecule has 0 saturated heterocycles. The summed E-state index contributed by atoms with van der Waals surface area (Å²) in [5, 5.41) is 23.0. The second kappa shape index (κ2) is 5.21. The number of carboxylic acid groups (broad SMARTS) is 1. The van der Waals surface area contributed by atoms with Gasteiger partial charge < -0.3 is 10.4 Å². The summed E-state index contributed by atoms with van der Waals surface area (Å²) in [7, 11) is 0. The van der Waals surface area contributed by atoms with Crippen LogP contribution in [0.4, 0.5) is 20.8 Å². The first-order valence-electron chi connectivity index (χ1n) is 5.30. The zero-order chi connectivity index (χ0) is 14.9. The van der Waals surface area contributed by atoms with E-state index in [1.54, 1.807) is 6.92 Å². The van der Waals surface area contributed by atoms with Crippen molar-refractivity contribution in [2.24, 2.45) is 0 Å². The first-order valence-corrected chi connectivity index (χ1v) is 6.12. The molecule has 0 unspecified atom stereocenters. The molecule has 2 aromatic rings. The highest BCUT2D eigenvalue weighted by molar-refractivity contribution is 7.16. The van der Waals surface area contributed by atoms with Crippen LogP contribution in [0.1, 0.15) is 15.5 Å². The smallest absolute Gasteiger partial charge is 0.357 e. The summed E-state index contributed by atoms with van der Waals surface area (Å²) in [6.45, 7) is 1.60. The minimum atomic E-state index is -1.27. The Balaban J connectivity index is 2.47. The number of halogens is 1. The zero-order valence-corrected chi connectivity index (χ0v) is 10.9. The van der Waals surface area contributed by atoms with Crippen LogP contribution < -0.4 is 5.32 Å². The number of hydrogen-bond acceptors (Lipinski definition) is 6. The molecule has 104 valence electrons. The predicted molar refractivity (Wildman–Crippen MR) is 70.1 cm³/mol. The van der Waals surface area contributed by atoms with Gasteiger partial charge in [-0.1, -0.05) is 0 Å². The number of aromatic nitrogens is 1. The van der Waals surface area contributed by atoms with Crippen molar-refractivity contribution in [3.63, 3.8) is 0 Å². The number of anilines is 2. The number of nitro benzene ring substituents is 1. The Morgan fingerprint density at radius 3 is 2.85 bits per heavy atom. The minimum absolute atomic E-state index is 0.115. The van der Waals surface area contributed by atoms with Crippen LogP contribution in [0, 0.1) is 22.9 Å². The predicted octanol–water partition coefficient (Wildman–Crippen LogP) is 2.94. The number of nitrogens with zero attached hydrogens (tertiary/aromatic N) is 2. The molecule has 20 heavy (non-hydrogen) atoms. The number of carbonyl (C=O) groups is 1. The highest BCUT2D eigenvalue weighted by Gasteiger charge is 2.20. The van der Waals surface area contributed by atoms with Gasteiger partial charge in [0.25, 0.3) is 5.69 Å². The molecule has 0 aliphatic heterocycles. The molecule has 0 fully saturated rings. The van der Waals surface area contributed by atoms with Gasteiger partial charge in [-0.05, 0) is 13.0 Å². The van der Waals surface area contributed by atoms with Crippen LogP contribution in [-0.2, 0) is 0 Å². The maximum atomic E-state index is 13.2. The number of nitro groups is 1. The number of carboxylic acids is 1. The zero-order valence-electron chi connectivity index (χ0n) is 10.1. The lowest BCUT2D eigenvalue weighted by Gasteiger charge is -2.05. The lowest BCUT2D eigenvalue weighted by atomic mass is 10.2. The number of thiazole rings is 1. The third-order valence-electron chi connectivity index (χ3n) is 2.34. The van der Waals surface area contributed by atoms with Crippen LogP contribution in [0.15, 0.2) is 18.2 Å². The van der Waals surface area contributed by atoms with E-state index in [0.29, 0.717) is 5.01 Å². The molecule has 1 aromatic heterocycles. The number of aromatic carboxylic acids is 1. The summed E-state index contributed by atoms with van der Waals surface area (Å²) in [6.07, 6.45) is 0. The van der Waals surface area contributed by atoms with E-state index in [4.69, 9.17) is 5.11 Å². The Kier molecular flexibility index (Phi) is 3.61. The van der Waals surface area contributed by atoms with Gasteiger partial charge in [0, 0.05) is 12.1 Å². The van der Waals surface area contributed by atoms with Crippen LogP contribution in [-0.4, -0.2) is 21.0 Å². The Morgan fingerprint density at radius 1 is 1.55 bits per heavy atom. The summed E-state index contributed by atoms with van der Waals surface area (Å²) < 4.78 is 13.2. The van der Waals surface area contributed by atoms with Crippen molar-refractivity contribution < 1.29 is 19.2 Å². The van der Waals surface area contributed by atoms with E-state index in [9.17, 15) is 19.3 Å². The van der Waals surface area contributed by atoms with Crippen molar-refractivity contribution in [1.82, 2.24) is 4.98 Å². The van der Waals surface area contributed by atoms with Gasteiger partial charge in [0.05, 0.1) is 9.93 Å². The summed E-state index contributed by atoms with van der Waals surface area (Å²) in [5.41, 5.74) is -0.735. The van der Waals surface area contributed by atoms with Gasteiger partial charge in [-0.2, -0.15) is 0 Å². The third-order valence-corrected chi connectivity index (χ3v) is 3.23. The van der Waals surface area contributed by atoms with Gasteiger partial charge >= 0.3 is 5.97 Å². The van der Waals surface area contributed by atoms with E-state index in [1.165, 1.54) is 0 Å². The standard InChI is InChI=1S/C11H8FN3O4S/c1-5-13-9(11(16)17)10(20-5)14-7-4-6(12)2-3-8(7)15(18)19/h2-4,14H,1H3,(H,16,17). The Morgan fingerprint density at radius 2 is 2.25 bits per heavy atom. The Hall–Kier alpha value is -2.55. The van der Waals surface area contributed by atoms with Crippen LogP contribution in [0.25, 0.3) is 0 Å². The molecule has 0 bridgehead atoms. The van der Waals surface area contributed by atoms with Gasteiger partial charge in [0.1, 0.15) is 16.5 Å². The molecule has 0 saturated carbocycles. The molecule has 2 N–H and O–H groups in total. The van der Waals surface area contributed by atoms with Crippen molar-refractivity contribution in [1.29, 1.82) is 0 Å². The first kappa shape index (κ1) is 13.9. The fourth-order valence-electron chi connectivity index (χ4n) is 1.55. The van der Waals surface area contributed by atoms with Crippen LogP contribution in [0.2, 0.25) is 0 Å². The summed E-state index contributed by atoms with van der Waals surface area (Å²) in [5.74, 6) is -1.94. The quantitative estimate of drug-likeness (QED) is 0.664. The van der Waals surface area contributed by atoms with Gasteiger partial charge in [0.2, 0.25) is 0 Å². The van der Waals surface area contributed by atoms with Gasteiger partial charge in [0.15, 0.2) is 5.69 Å². The van der Waals surface area contributed by atoms with E-state index in [2.05, 4.69) is 10.3 Å². The Labute approximate surface area is 115 Å². The second-order valence-corrected chi connectivity index (χ2v) is 4.96. The van der Waals surface area contributed by atoms with Crippen LogP contribution in [0.5, 0.6) is 0 Å². The summed E-state index contributed by atoms with van der Waals surface area (Å²) in [4.78, 5) is 25.0. The third kappa shape index (κ3) is 2.72. The fraction of sp³-hybridized carbons (Fsp3) is 0.0909. The average molecular weight is 297 g/mol. The molecule has 0 atom stereocenters. The topological polar surface area (TPSA) is 105 Å². The molecular weight excluding hydrogens is 289 g/mol. The van der Waals surface area contributed by atoms with E-state index in [0.717, 1.165) is 29.5 Å². The highest BCUT2D eigenvalue weighted by Crippen LogP contribution is 2.33. The normalized spacial score (nSPS) is 10.3. The molecule has 1 aromatic carbocycles. The number of benzene rings is 1. The maximum Gasteiger partial charge on any atom is 0.357 e. The number of nitrogens with one attached hydrogen (secondary N) is 1. The van der Waals surface area contributed by atoms with E-state index in [1.807, 2.05) is 0 Å². The number of rotatable bonds is 4. The molecule has 0 spiro atoms. The molecule has 0 amide bonds. The maximum absolute atomic E-state index is 13.2. The fourth-order valence-corrected chi connectivity index (χ4v) is 2.37. The number of hydrogen-bond donors (Lipinski definition) is 2. The lowest BCUT2D eigenvalue weighted by molar-refractivity contribution is -0.384. The summed E-state index contributed by atoms with van der Waals surface area (Å²) in [6, 6.07) is 2.89. The molecule has 0 aliphatic carbocycles. The van der Waals surface area contributed by atoms with E-state index >= 15 is 0 Å². The van der Waals surface area contributed by atoms with Crippen molar-refractivity contribution in [3.8, 4) is 0 Å². The highest BCUT2D eigenvalue weighted by atomic mass is 32.1. The molecule has 2 rings (SSSR count). The first-order chi connectivity index (χ1) is 9.38. The molecule has 0 aliphatic rings. The SMILES string of the molecule is Cc1nc(C(=O)O)c(Nc2cc(F)ccc2[N+](=O)[O-])s1. The van der Waals surface area contributed by atoms with Crippen molar-refractivity contribution >= 4 is 33.7 Å². The lowest BCUT2D eigenvalue weighted by Crippen LogP contribution is -2.03. The van der Waals surface area contributed by atoms with Crippen molar-refractivity contribution in [2.75, 3.05) is 5.32 Å². The minimum Gasteiger partial charge on any atom is -0.476 e. The molecule has 7 nitrogen and oxygen atoms in total. The van der Waals surface area contributed by atoms with E-state index in [-0.39, 0.29) is 22.1 Å². The van der Waals surface area contributed by atoms with Crippen LogP contribution >= 0.6 is 11.3 Å². The van der Waals surface area contributed by atoms with E-state index < -0.39 is 16.7 Å². The molecule has 9 heteroatoms. The van der Waals surface area contributed by atoms with Gasteiger partial charge in [-0.15, -0.1) is 11.3 Å². The second-order valence-electron chi connectivity index (χ2n) is 3.76. The summed E-state index contributed by atoms with van der Waals surface area (Å²) >= 11 is 1.02. The van der Waals surface area contributed by atoms with Gasteiger partial charge in [-0.3, -0.25) is 10.1 Å². The van der Waals surface area contributed by atoms with Gasteiger partial charge in [-0.25, -0.2) is 14.2 Å².